The summed E-state index contributed by atoms with van der Waals surface area (Å²) in [5.74, 6) is 1.62. The van der Waals surface area contributed by atoms with E-state index < -0.39 is 0 Å². The van der Waals surface area contributed by atoms with Crippen molar-refractivity contribution in [1.82, 2.24) is 14.9 Å². The summed E-state index contributed by atoms with van der Waals surface area (Å²) in [6.07, 6.45) is 3.81. The molecule has 3 heteroatoms. The SMILES string of the molecule is CC(C)C(NCc1nccn1C)c1ccccc1. The first-order valence-electron chi connectivity index (χ1n) is 6.43. The molecule has 2 rings (SSSR count). The third-order valence-corrected chi connectivity index (χ3v) is 3.23. The standard InChI is InChI=1S/C15H21N3/c1-12(2)15(13-7-5-4-6-8-13)17-11-14-16-9-10-18(14)3/h4-10,12,15,17H,11H2,1-3H3. The van der Waals surface area contributed by atoms with Crippen molar-refractivity contribution in [3.63, 3.8) is 0 Å². The molecule has 0 aliphatic heterocycles. The average Bonchev–Trinajstić information content (AvgIpc) is 2.76. The Bertz CT molecular complexity index is 473. The molecule has 1 heterocycles. The van der Waals surface area contributed by atoms with Crippen molar-refractivity contribution in [3.05, 3.63) is 54.1 Å². The minimum Gasteiger partial charge on any atom is -0.337 e. The molecule has 1 unspecified atom stereocenters. The zero-order chi connectivity index (χ0) is 13.0. The van der Waals surface area contributed by atoms with Gasteiger partial charge >= 0.3 is 0 Å². The molecular formula is C15H21N3. The molecule has 1 atom stereocenters. The summed E-state index contributed by atoms with van der Waals surface area (Å²) in [5.41, 5.74) is 1.33. The van der Waals surface area contributed by atoms with Crippen molar-refractivity contribution in [2.24, 2.45) is 13.0 Å². The summed E-state index contributed by atoms with van der Waals surface area (Å²) in [5, 5.41) is 3.60. The highest BCUT2D eigenvalue weighted by atomic mass is 15.1. The van der Waals surface area contributed by atoms with Gasteiger partial charge in [0.2, 0.25) is 0 Å². The number of imidazole rings is 1. The van der Waals surface area contributed by atoms with Crippen LogP contribution in [-0.2, 0) is 13.6 Å². The predicted octanol–water partition coefficient (Wildman–Crippen LogP) is 2.91. The number of hydrogen-bond acceptors (Lipinski definition) is 2. The molecule has 0 spiro atoms. The molecule has 3 nitrogen and oxygen atoms in total. The summed E-state index contributed by atoms with van der Waals surface area (Å²) in [7, 11) is 2.02. The van der Waals surface area contributed by atoms with Crippen molar-refractivity contribution in [2.75, 3.05) is 0 Å². The van der Waals surface area contributed by atoms with E-state index in [1.165, 1.54) is 5.56 Å². The lowest BCUT2D eigenvalue weighted by atomic mass is 9.96. The largest absolute Gasteiger partial charge is 0.337 e. The number of rotatable bonds is 5. The summed E-state index contributed by atoms with van der Waals surface area (Å²) in [6, 6.07) is 11.0. The van der Waals surface area contributed by atoms with Crippen LogP contribution in [0.2, 0.25) is 0 Å². The average molecular weight is 243 g/mol. The highest BCUT2D eigenvalue weighted by Crippen LogP contribution is 2.21. The second kappa shape index (κ2) is 5.83. The number of aryl methyl sites for hydroxylation is 1. The Balaban J connectivity index is 2.06. The highest BCUT2D eigenvalue weighted by molar-refractivity contribution is 5.19. The Morgan fingerprint density at radius 2 is 1.94 bits per heavy atom. The molecule has 0 aliphatic rings. The molecule has 18 heavy (non-hydrogen) atoms. The molecule has 0 saturated carbocycles. The van der Waals surface area contributed by atoms with Gasteiger partial charge in [-0.3, -0.25) is 0 Å². The van der Waals surface area contributed by atoms with Crippen LogP contribution in [0.4, 0.5) is 0 Å². The molecule has 1 aromatic heterocycles. The van der Waals surface area contributed by atoms with Gasteiger partial charge in [0.1, 0.15) is 5.82 Å². The first kappa shape index (κ1) is 12.8. The Morgan fingerprint density at radius 1 is 1.22 bits per heavy atom. The van der Waals surface area contributed by atoms with Gasteiger partial charge in [-0.25, -0.2) is 4.98 Å². The summed E-state index contributed by atoms with van der Waals surface area (Å²) in [4.78, 5) is 4.34. The maximum atomic E-state index is 4.34. The number of aromatic nitrogens is 2. The smallest absolute Gasteiger partial charge is 0.122 e. The number of benzene rings is 1. The van der Waals surface area contributed by atoms with Gasteiger partial charge in [-0.1, -0.05) is 44.2 Å². The van der Waals surface area contributed by atoms with Crippen LogP contribution in [0.15, 0.2) is 42.7 Å². The van der Waals surface area contributed by atoms with E-state index in [2.05, 4.69) is 59.0 Å². The minimum absolute atomic E-state index is 0.364. The van der Waals surface area contributed by atoms with Crippen molar-refractivity contribution >= 4 is 0 Å². The van der Waals surface area contributed by atoms with Gasteiger partial charge in [0.15, 0.2) is 0 Å². The van der Waals surface area contributed by atoms with Crippen LogP contribution in [-0.4, -0.2) is 9.55 Å². The lowest BCUT2D eigenvalue weighted by Crippen LogP contribution is -2.26. The van der Waals surface area contributed by atoms with E-state index in [1.54, 1.807) is 0 Å². The van der Waals surface area contributed by atoms with E-state index >= 15 is 0 Å². The van der Waals surface area contributed by atoms with E-state index in [0.29, 0.717) is 12.0 Å². The van der Waals surface area contributed by atoms with Gasteiger partial charge in [-0.15, -0.1) is 0 Å². The normalized spacial score (nSPS) is 12.9. The van der Waals surface area contributed by atoms with Crippen LogP contribution < -0.4 is 5.32 Å². The van der Waals surface area contributed by atoms with Crippen molar-refractivity contribution in [1.29, 1.82) is 0 Å². The number of nitrogens with zero attached hydrogens (tertiary/aromatic N) is 2. The van der Waals surface area contributed by atoms with Crippen LogP contribution >= 0.6 is 0 Å². The lowest BCUT2D eigenvalue weighted by Gasteiger charge is -2.22. The molecule has 2 aromatic rings. The lowest BCUT2D eigenvalue weighted by molar-refractivity contribution is 0.403. The Labute approximate surface area is 109 Å². The van der Waals surface area contributed by atoms with Crippen LogP contribution in [0.1, 0.15) is 31.3 Å². The maximum Gasteiger partial charge on any atom is 0.122 e. The zero-order valence-corrected chi connectivity index (χ0v) is 11.3. The Kier molecular flexibility index (Phi) is 4.15. The van der Waals surface area contributed by atoms with Gasteiger partial charge in [0.25, 0.3) is 0 Å². The topological polar surface area (TPSA) is 29.9 Å². The monoisotopic (exact) mass is 243 g/mol. The van der Waals surface area contributed by atoms with E-state index in [9.17, 15) is 0 Å². The summed E-state index contributed by atoms with van der Waals surface area (Å²) in [6.45, 7) is 5.27. The van der Waals surface area contributed by atoms with Gasteiger partial charge < -0.3 is 9.88 Å². The molecule has 0 saturated heterocycles. The Hall–Kier alpha value is -1.61. The van der Waals surface area contributed by atoms with Gasteiger partial charge in [-0.2, -0.15) is 0 Å². The fourth-order valence-corrected chi connectivity index (χ4v) is 2.17. The summed E-state index contributed by atoms with van der Waals surface area (Å²) >= 11 is 0. The fraction of sp³-hybridized carbons (Fsp3) is 0.400. The molecule has 0 aliphatic carbocycles. The highest BCUT2D eigenvalue weighted by Gasteiger charge is 2.15. The quantitative estimate of drug-likeness (QED) is 0.875. The van der Waals surface area contributed by atoms with Crippen LogP contribution in [0.3, 0.4) is 0 Å². The van der Waals surface area contributed by atoms with Crippen molar-refractivity contribution in [3.8, 4) is 0 Å². The van der Waals surface area contributed by atoms with Crippen LogP contribution in [0.5, 0.6) is 0 Å². The van der Waals surface area contributed by atoms with Gasteiger partial charge in [-0.05, 0) is 11.5 Å². The molecule has 1 aromatic carbocycles. The second-order valence-electron chi connectivity index (χ2n) is 4.97. The van der Waals surface area contributed by atoms with E-state index in [0.717, 1.165) is 12.4 Å². The second-order valence-corrected chi connectivity index (χ2v) is 4.97. The fourth-order valence-electron chi connectivity index (χ4n) is 2.17. The summed E-state index contributed by atoms with van der Waals surface area (Å²) < 4.78 is 2.05. The third kappa shape index (κ3) is 2.99. The molecule has 0 radical (unpaired) electrons. The van der Waals surface area contributed by atoms with Gasteiger partial charge in [0.05, 0.1) is 6.54 Å². The van der Waals surface area contributed by atoms with Crippen LogP contribution in [0.25, 0.3) is 0 Å². The molecule has 0 bridgehead atoms. The Morgan fingerprint density at radius 3 is 2.50 bits per heavy atom. The van der Waals surface area contributed by atoms with Crippen molar-refractivity contribution < 1.29 is 0 Å². The van der Waals surface area contributed by atoms with E-state index in [4.69, 9.17) is 0 Å². The third-order valence-electron chi connectivity index (χ3n) is 3.23. The molecule has 0 fully saturated rings. The molecule has 0 amide bonds. The first-order chi connectivity index (χ1) is 8.68. The first-order valence-corrected chi connectivity index (χ1v) is 6.43. The molecule has 1 N–H and O–H groups in total. The van der Waals surface area contributed by atoms with Crippen LogP contribution in [0, 0.1) is 5.92 Å². The van der Waals surface area contributed by atoms with Crippen molar-refractivity contribution in [2.45, 2.75) is 26.4 Å². The zero-order valence-electron chi connectivity index (χ0n) is 11.3. The van der Waals surface area contributed by atoms with E-state index in [1.807, 2.05) is 19.4 Å². The van der Waals surface area contributed by atoms with Gasteiger partial charge in [0, 0.05) is 25.5 Å². The number of nitrogens with one attached hydrogen (secondary N) is 1. The molecular weight excluding hydrogens is 222 g/mol. The minimum atomic E-state index is 0.364. The van der Waals surface area contributed by atoms with E-state index in [-0.39, 0.29) is 0 Å². The maximum absolute atomic E-state index is 4.34. The number of hydrogen-bond donors (Lipinski definition) is 1. The molecule has 96 valence electrons. The predicted molar refractivity (Wildman–Crippen MR) is 74.1 cm³/mol.